The fourth-order valence-corrected chi connectivity index (χ4v) is 2.87. The van der Waals surface area contributed by atoms with Gasteiger partial charge in [0.05, 0.1) is 19.9 Å². The maximum Gasteiger partial charge on any atom is 0.403 e. The summed E-state index contributed by atoms with van der Waals surface area (Å²) in [6.07, 6.45) is -6.28. The average Bonchev–Trinajstić information content (AvgIpc) is 2.76. The van der Waals surface area contributed by atoms with E-state index in [9.17, 15) is 18.0 Å². The molecule has 2 atom stereocenters. The number of nitrogens with zero attached hydrogens (tertiary/aromatic N) is 1. The van der Waals surface area contributed by atoms with Crippen molar-refractivity contribution in [3.8, 4) is 5.75 Å². The molecule has 1 amide bonds. The van der Waals surface area contributed by atoms with Crippen LogP contribution < -0.4 is 26.4 Å². The number of hydrogen-bond donors (Lipinski definition) is 5. The number of nitrogens with one attached hydrogen (secondary N) is 3. The van der Waals surface area contributed by atoms with E-state index in [1.165, 1.54) is 19.2 Å². The van der Waals surface area contributed by atoms with Crippen molar-refractivity contribution in [2.24, 2.45) is 10.7 Å². The van der Waals surface area contributed by atoms with Gasteiger partial charge >= 0.3 is 6.18 Å². The highest BCUT2D eigenvalue weighted by molar-refractivity contribution is 6.30. The smallest absolute Gasteiger partial charge is 0.403 e. The van der Waals surface area contributed by atoms with Gasteiger partial charge < -0.3 is 26.2 Å². The second kappa shape index (κ2) is 12.4. The first kappa shape index (κ1) is 26.4. The van der Waals surface area contributed by atoms with Gasteiger partial charge in [-0.2, -0.15) is 18.2 Å². The third-order valence-corrected chi connectivity index (χ3v) is 4.60. The summed E-state index contributed by atoms with van der Waals surface area (Å²) in [4.78, 5) is 16.7. The van der Waals surface area contributed by atoms with Crippen molar-refractivity contribution < 1.29 is 27.8 Å². The van der Waals surface area contributed by atoms with Crippen LogP contribution in [0.4, 0.5) is 18.9 Å². The number of benzene rings is 2. The summed E-state index contributed by atoms with van der Waals surface area (Å²) in [6.45, 7) is -0.336. The van der Waals surface area contributed by atoms with Crippen molar-refractivity contribution >= 4 is 29.2 Å². The van der Waals surface area contributed by atoms with Crippen LogP contribution in [0.1, 0.15) is 16.8 Å². The lowest BCUT2D eigenvalue weighted by Gasteiger charge is -2.26. The van der Waals surface area contributed by atoms with E-state index in [0.717, 1.165) is 0 Å². The molecule has 0 saturated carbocycles. The molecule has 6 N–H and O–H groups in total. The van der Waals surface area contributed by atoms with Crippen LogP contribution in [-0.4, -0.2) is 55.6 Å². The minimum absolute atomic E-state index is 0.0148. The number of nitrogens with two attached hydrogens (primary N) is 1. The minimum atomic E-state index is -4.63. The molecule has 0 aliphatic rings. The standard InChI is InChI=1S/C21H25ClF3N5O3/c1-33-16-7-5-13(6-8-16)19(32)30-20(28-15-4-2-3-14(22)11-15)29-18(27-9-10-31)12-17(26)21(23,24)25/h2-8,11,17-18,27,31H,9-10,12,26H2,1H3,(H2,28,29,30,32). The van der Waals surface area contributed by atoms with Gasteiger partial charge in [0.1, 0.15) is 11.8 Å². The van der Waals surface area contributed by atoms with Crippen molar-refractivity contribution in [1.29, 1.82) is 0 Å². The summed E-state index contributed by atoms with van der Waals surface area (Å²) in [5.41, 5.74) is 5.94. The monoisotopic (exact) mass is 487 g/mol. The molecule has 2 aromatic rings. The molecular weight excluding hydrogens is 463 g/mol. The second-order valence-corrected chi connectivity index (χ2v) is 7.32. The topological polar surface area (TPSA) is 121 Å². The Labute approximate surface area is 194 Å². The predicted octanol–water partition coefficient (Wildman–Crippen LogP) is 2.73. The Morgan fingerprint density at radius 1 is 1.24 bits per heavy atom. The van der Waals surface area contributed by atoms with Crippen LogP contribution in [0, 0.1) is 0 Å². The number of carbonyl (C=O) groups excluding carboxylic acids is 1. The molecule has 0 bridgehead atoms. The molecule has 180 valence electrons. The summed E-state index contributed by atoms with van der Waals surface area (Å²) >= 11 is 5.99. The van der Waals surface area contributed by atoms with Gasteiger partial charge in [-0.05, 0) is 42.5 Å². The normalized spacial score (nSPS) is 13.8. The molecule has 0 aromatic heterocycles. The lowest BCUT2D eigenvalue weighted by molar-refractivity contribution is -0.150. The molecule has 0 heterocycles. The molecule has 0 radical (unpaired) electrons. The minimum Gasteiger partial charge on any atom is -0.497 e. The first-order chi connectivity index (χ1) is 15.6. The molecular formula is C21H25ClF3N5O3. The van der Waals surface area contributed by atoms with E-state index in [1.807, 2.05) is 0 Å². The fraction of sp³-hybridized carbons (Fsp3) is 0.333. The maximum absolute atomic E-state index is 13.0. The van der Waals surface area contributed by atoms with Crippen LogP contribution in [0.15, 0.2) is 53.5 Å². The highest BCUT2D eigenvalue weighted by atomic mass is 35.5. The first-order valence-corrected chi connectivity index (χ1v) is 10.2. The number of ether oxygens (including phenoxy) is 1. The number of aliphatic imine (C=N–C) groups is 1. The van der Waals surface area contributed by atoms with E-state index in [1.54, 1.807) is 36.4 Å². The number of hydrogen-bond acceptors (Lipinski definition) is 5. The third kappa shape index (κ3) is 8.89. The van der Waals surface area contributed by atoms with Crippen molar-refractivity contribution in [2.45, 2.75) is 24.8 Å². The van der Waals surface area contributed by atoms with Gasteiger partial charge in [0.15, 0.2) is 0 Å². The summed E-state index contributed by atoms with van der Waals surface area (Å²) < 4.78 is 44.1. The molecule has 0 fully saturated rings. The largest absolute Gasteiger partial charge is 0.497 e. The van der Waals surface area contributed by atoms with Gasteiger partial charge in [-0.3, -0.25) is 10.1 Å². The van der Waals surface area contributed by atoms with Crippen LogP contribution in [0.5, 0.6) is 5.75 Å². The van der Waals surface area contributed by atoms with Crippen molar-refractivity contribution in [3.63, 3.8) is 0 Å². The number of methoxy groups -OCH3 is 1. The highest BCUT2D eigenvalue weighted by Gasteiger charge is 2.38. The van der Waals surface area contributed by atoms with Crippen LogP contribution in [0.25, 0.3) is 0 Å². The summed E-state index contributed by atoms with van der Waals surface area (Å²) in [7, 11) is 1.48. The number of aliphatic hydroxyl groups is 1. The number of anilines is 1. The molecule has 0 aliphatic heterocycles. The number of aliphatic hydroxyl groups excluding tert-OH is 1. The van der Waals surface area contributed by atoms with E-state index in [-0.39, 0.29) is 24.7 Å². The van der Waals surface area contributed by atoms with Gasteiger partial charge in [-0.15, -0.1) is 0 Å². The Bertz CT molecular complexity index is 941. The number of guanidine groups is 1. The molecule has 0 aliphatic carbocycles. The van der Waals surface area contributed by atoms with E-state index < -0.39 is 30.7 Å². The van der Waals surface area contributed by atoms with Crippen LogP contribution >= 0.6 is 11.6 Å². The Hall–Kier alpha value is -2.86. The van der Waals surface area contributed by atoms with Crippen molar-refractivity contribution in [1.82, 2.24) is 10.6 Å². The Morgan fingerprint density at radius 3 is 2.52 bits per heavy atom. The molecule has 8 nitrogen and oxygen atoms in total. The number of carbonyl (C=O) groups is 1. The van der Waals surface area contributed by atoms with Gasteiger partial charge in [0.25, 0.3) is 5.91 Å². The van der Waals surface area contributed by atoms with Crippen molar-refractivity contribution in [2.75, 3.05) is 25.6 Å². The molecule has 12 heteroatoms. The van der Waals surface area contributed by atoms with Gasteiger partial charge in [0.2, 0.25) is 5.96 Å². The Kier molecular flexibility index (Phi) is 9.92. The molecule has 0 spiro atoms. The van der Waals surface area contributed by atoms with Gasteiger partial charge in [-0.25, -0.2) is 0 Å². The number of halogens is 4. The average molecular weight is 488 g/mol. The molecule has 33 heavy (non-hydrogen) atoms. The van der Waals surface area contributed by atoms with Crippen LogP contribution in [0.3, 0.4) is 0 Å². The maximum atomic E-state index is 13.0. The van der Waals surface area contributed by atoms with Crippen molar-refractivity contribution in [3.05, 3.63) is 59.1 Å². The van der Waals surface area contributed by atoms with Gasteiger partial charge in [-0.1, -0.05) is 17.7 Å². The van der Waals surface area contributed by atoms with E-state index in [2.05, 4.69) is 20.9 Å². The third-order valence-electron chi connectivity index (χ3n) is 4.36. The predicted molar refractivity (Wildman–Crippen MR) is 120 cm³/mol. The number of amides is 1. The summed E-state index contributed by atoms with van der Waals surface area (Å²) in [5, 5.41) is 17.8. The summed E-state index contributed by atoms with van der Waals surface area (Å²) in [5.74, 6) is -0.251. The number of alkyl halides is 3. The van der Waals surface area contributed by atoms with E-state index in [0.29, 0.717) is 16.5 Å². The molecule has 0 saturated heterocycles. The van der Waals surface area contributed by atoms with Crippen LogP contribution in [-0.2, 0) is 0 Å². The lowest BCUT2D eigenvalue weighted by atomic mass is 10.1. The SMILES string of the molecule is COc1ccc(C(=O)/N=C(/Nc2cccc(Cl)c2)NC(CC(N)C(F)(F)F)NCCO)cc1. The lowest BCUT2D eigenvalue weighted by Crippen LogP contribution is -2.53. The Balaban J connectivity index is 2.31. The van der Waals surface area contributed by atoms with E-state index >= 15 is 0 Å². The molecule has 2 rings (SSSR count). The fourth-order valence-electron chi connectivity index (χ4n) is 2.68. The summed E-state index contributed by atoms with van der Waals surface area (Å²) in [6, 6.07) is 10.5. The van der Waals surface area contributed by atoms with E-state index in [4.69, 9.17) is 27.2 Å². The zero-order valence-corrected chi connectivity index (χ0v) is 18.5. The van der Waals surface area contributed by atoms with Crippen LogP contribution in [0.2, 0.25) is 5.02 Å². The van der Waals surface area contributed by atoms with Gasteiger partial charge in [0, 0.05) is 29.2 Å². The Morgan fingerprint density at radius 2 is 1.94 bits per heavy atom. The molecule has 2 aromatic carbocycles. The first-order valence-electron chi connectivity index (χ1n) is 9.85. The highest BCUT2D eigenvalue weighted by Crippen LogP contribution is 2.21. The molecule has 2 unspecified atom stereocenters. The zero-order chi connectivity index (χ0) is 24.4. The second-order valence-electron chi connectivity index (χ2n) is 6.89. The quantitative estimate of drug-likeness (QED) is 0.209. The zero-order valence-electron chi connectivity index (χ0n) is 17.7. The number of rotatable bonds is 9.